The van der Waals surface area contributed by atoms with Gasteiger partial charge in [-0.2, -0.15) is 0 Å². The summed E-state index contributed by atoms with van der Waals surface area (Å²) < 4.78 is 1.92. The van der Waals surface area contributed by atoms with E-state index in [0.29, 0.717) is 23.1 Å². The molecule has 1 saturated heterocycles. The third-order valence-electron chi connectivity index (χ3n) is 7.11. The van der Waals surface area contributed by atoms with Gasteiger partial charge in [0.1, 0.15) is 5.69 Å². The number of pyridine rings is 2. The number of hydrogen-bond donors (Lipinski definition) is 1. The van der Waals surface area contributed by atoms with Crippen LogP contribution in [0.2, 0.25) is 0 Å². The van der Waals surface area contributed by atoms with Crippen LogP contribution in [0.5, 0.6) is 0 Å². The number of rotatable bonds is 4. The number of likely N-dealkylation sites (tertiary alicyclic amines) is 1. The van der Waals surface area contributed by atoms with Gasteiger partial charge >= 0.3 is 0 Å². The van der Waals surface area contributed by atoms with Crippen LogP contribution < -0.4 is 10.9 Å². The quantitative estimate of drug-likeness (QED) is 0.844. The molecular formula is C24H30N4O2. The Bertz CT molecular complexity index is 965. The van der Waals surface area contributed by atoms with Gasteiger partial charge in [0, 0.05) is 55.7 Å². The van der Waals surface area contributed by atoms with Crippen molar-refractivity contribution in [3.8, 4) is 0 Å². The summed E-state index contributed by atoms with van der Waals surface area (Å²) >= 11 is 0. The van der Waals surface area contributed by atoms with E-state index in [0.717, 1.165) is 31.2 Å². The second kappa shape index (κ2) is 8.34. The van der Waals surface area contributed by atoms with Gasteiger partial charge in [0.15, 0.2) is 0 Å². The first-order valence-electron chi connectivity index (χ1n) is 11.3. The number of amides is 1. The summed E-state index contributed by atoms with van der Waals surface area (Å²) in [6, 6.07) is 7.13. The van der Waals surface area contributed by atoms with Crippen molar-refractivity contribution in [2.45, 2.75) is 51.0 Å². The standard InChI is InChI=1S/C24H30N4O2/c29-23(19-8-10-25-11-9-19)26-21-6-7-22-20-12-18(15-28(22)24(21)30)14-27(16-20)13-17-4-2-1-3-5-17/h6-11,17-18,20H,1-5,12-16H2,(H,26,29)/t18-,20-/m1/s1. The number of aromatic nitrogens is 2. The molecule has 2 aromatic heterocycles. The van der Waals surface area contributed by atoms with Crippen LogP contribution in [0, 0.1) is 11.8 Å². The molecule has 0 spiro atoms. The smallest absolute Gasteiger partial charge is 0.274 e. The highest BCUT2D eigenvalue weighted by atomic mass is 16.2. The van der Waals surface area contributed by atoms with Crippen LogP contribution in [0.15, 0.2) is 41.5 Å². The monoisotopic (exact) mass is 406 g/mol. The van der Waals surface area contributed by atoms with Crippen LogP contribution >= 0.6 is 0 Å². The topological polar surface area (TPSA) is 67.2 Å². The molecule has 1 amide bonds. The molecule has 5 rings (SSSR count). The minimum absolute atomic E-state index is 0.0784. The maximum absolute atomic E-state index is 13.1. The minimum Gasteiger partial charge on any atom is -0.317 e. The van der Waals surface area contributed by atoms with Gasteiger partial charge in [0.2, 0.25) is 0 Å². The van der Waals surface area contributed by atoms with Crippen molar-refractivity contribution < 1.29 is 4.79 Å². The Kier molecular flexibility index (Phi) is 5.42. The molecule has 30 heavy (non-hydrogen) atoms. The molecule has 3 aliphatic rings. The van der Waals surface area contributed by atoms with Crippen LogP contribution in [0.25, 0.3) is 0 Å². The van der Waals surface area contributed by atoms with Gasteiger partial charge < -0.3 is 14.8 Å². The zero-order valence-corrected chi connectivity index (χ0v) is 17.4. The molecule has 6 nitrogen and oxygen atoms in total. The van der Waals surface area contributed by atoms with Crippen molar-refractivity contribution in [2.24, 2.45) is 11.8 Å². The zero-order valence-electron chi connectivity index (χ0n) is 17.4. The number of carbonyl (C=O) groups is 1. The molecule has 1 N–H and O–H groups in total. The lowest BCUT2D eigenvalue weighted by Crippen LogP contribution is -2.48. The van der Waals surface area contributed by atoms with Crippen molar-refractivity contribution in [3.63, 3.8) is 0 Å². The molecule has 0 unspecified atom stereocenters. The largest absolute Gasteiger partial charge is 0.317 e. The van der Waals surface area contributed by atoms with E-state index >= 15 is 0 Å². The molecule has 0 aromatic carbocycles. The van der Waals surface area contributed by atoms with Crippen LogP contribution in [0.1, 0.15) is 60.5 Å². The van der Waals surface area contributed by atoms with Crippen molar-refractivity contribution in [2.75, 3.05) is 25.0 Å². The Balaban J connectivity index is 1.32. The van der Waals surface area contributed by atoms with E-state index in [9.17, 15) is 9.59 Å². The molecule has 6 heteroatoms. The molecule has 2 bridgehead atoms. The SMILES string of the molecule is O=C(Nc1ccc2n(c1=O)C[C@@H]1C[C@@H]2CN(CC2CCCCC2)C1)c1ccncc1. The third kappa shape index (κ3) is 3.93. The third-order valence-corrected chi connectivity index (χ3v) is 7.11. The number of fused-ring (bicyclic) bond motifs is 4. The second-order valence-electron chi connectivity index (χ2n) is 9.30. The maximum atomic E-state index is 13.1. The Hall–Kier alpha value is -2.47. The molecule has 1 saturated carbocycles. The van der Waals surface area contributed by atoms with Crippen LogP contribution in [0.3, 0.4) is 0 Å². The molecule has 1 aliphatic carbocycles. The molecule has 4 heterocycles. The summed E-state index contributed by atoms with van der Waals surface area (Å²) in [5, 5.41) is 2.79. The average Bonchev–Trinajstić information content (AvgIpc) is 2.77. The molecule has 0 radical (unpaired) electrons. The first-order valence-corrected chi connectivity index (χ1v) is 11.3. The Morgan fingerprint density at radius 2 is 1.83 bits per heavy atom. The average molecular weight is 407 g/mol. The van der Waals surface area contributed by atoms with Crippen molar-refractivity contribution in [1.29, 1.82) is 0 Å². The fraction of sp³-hybridized carbons (Fsp3) is 0.542. The van der Waals surface area contributed by atoms with E-state index in [4.69, 9.17) is 0 Å². The first kappa shape index (κ1) is 19.5. The van der Waals surface area contributed by atoms with Crippen molar-refractivity contribution >= 4 is 11.6 Å². The summed E-state index contributed by atoms with van der Waals surface area (Å²) in [4.78, 5) is 32.2. The lowest BCUT2D eigenvalue weighted by Gasteiger charge is -2.44. The number of nitrogens with zero attached hydrogens (tertiary/aromatic N) is 3. The van der Waals surface area contributed by atoms with Gasteiger partial charge in [0.05, 0.1) is 0 Å². The highest BCUT2D eigenvalue weighted by Crippen LogP contribution is 2.36. The number of hydrogen-bond acceptors (Lipinski definition) is 4. The number of piperidine rings is 1. The van der Waals surface area contributed by atoms with Gasteiger partial charge in [-0.1, -0.05) is 19.3 Å². The van der Waals surface area contributed by atoms with E-state index in [1.54, 1.807) is 30.6 Å². The van der Waals surface area contributed by atoms with Crippen molar-refractivity contribution in [3.05, 3.63) is 58.3 Å². The van der Waals surface area contributed by atoms with Crippen LogP contribution in [-0.4, -0.2) is 40.0 Å². The normalized spacial score (nSPS) is 24.3. The predicted molar refractivity (Wildman–Crippen MR) is 117 cm³/mol. The van der Waals surface area contributed by atoms with Crippen LogP contribution in [-0.2, 0) is 6.54 Å². The molecule has 2 aliphatic heterocycles. The highest BCUT2D eigenvalue weighted by Gasteiger charge is 2.35. The molecule has 158 valence electrons. The van der Waals surface area contributed by atoms with Gasteiger partial charge in [-0.3, -0.25) is 14.6 Å². The predicted octanol–water partition coefficient (Wildman–Crippen LogP) is 3.50. The lowest BCUT2D eigenvalue weighted by molar-refractivity contribution is 0.0967. The van der Waals surface area contributed by atoms with Gasteiger partial charge in [0.25, 0.3) is 11.5 Å². The van der Waals surface area contributed by atoms with Crippen LogP contribution in [0.4, 0.5) is 5.69 Å². The summed E-state index contributed by atoms with van der Waals surface area (Å²) in [5.74, 6) is 1.51. The van der Waals surface area contributed by atoms with E-state index in [1.807, 2.05) is 4.57 Å². The Labute approximate surface area is 177 Å². The molecule has 2 atom stereocenters. The summed E-state index contributed by atoms with van der Waals surface area (Å²) in [6.45, 7) is 4.11. The van der Waals surface area contributed by atoms with Gasteiger partial charge in [-0.25, -0.2) is 0 Å². The summed E-state index contributed by atoms with van der Waals surface area (Å²) in [5.41, 5.74) is 1.92. The van der Waals surface area contributed by atoms with Gasteiger partial charge in [-0.05, 0) is 55.4 Å². The minimum atomic E-state index is -0.273. The fourth-order valence-corrected chi connectivity index (χ4v) is 5.72. The number of carbonyl (C=O) groups excluding carboxylic acids is 1. The summed E-state index contributed by atoms with van der Waals surface area (Å²) in [6.07, 6.45) is 11.3. The number of anilines is 1. The second-order valence-corrected chi connectivity index (χ2v) is 9.30. The fourth-order valence-electron chi connectivity index (χ4n) is 5.72. The zero-order chi connectivity index (χ0) is 20.5. The Morgan fingerprint density at radius 3 is 2.63 bits per heavy atom. The summed E-state index contributed by atoms with van der Waals surface area (Å²) in [7, 11) is 0. The molecule has 2 aromatic rings. The van der Waals surface area contributed by atoms with E-state index in [2.05, 4.69) is 21.3 Å². The number of nitrogens with one attached hydrogen (secondary N) is 1. The first-order chi connectivity index (χ1) is 14.7. The lowest BCUT2D eigenvalue weighted by atomic mass is 9.81. The molecular weight excluding hydrogens is 376 g/mol. The maximum Gasteiger partial charge on any atom is 0.274 e. The molecule has 2 fully saturated rings. The van der Waals surface area contributed by atoms with Crippen molar-refractivity contribution in [1.82, 2.24) is 14.5 Å². The van der Waals surface area contributed by atoms with E-state index in [-0.39, 0.29) is 11.5 Å². The highest BCUT2D eigenvalue weighted by molar-refractivity contribution is 6.04. The van der Waals surface area contributed by atoms with Gasteiger partial charge in [-0.15, -0.1) is 0 Å². The van der Waals surface area contributed by atoms with E-state index < -0.39 is 0 Å². The Morgan fingerprint density at radius 1 is 1.03 bits per heavy atom. The van der Waals surface area contributed by atoms with E-state index in [1.165, 1.54) is 45.1 Å².